The molecule has 2 rings (SSSR count). The first-order chi connectivity index (χ1) is 13.0. The SMILES string of the molecule is O=C(COC(=O)/C=C/c1ccccc1)NNC(=O)c1ccc([N+](=O)[O-])cc1. The summed E-state index contributed by atoms with van der Waals surface area (Å²) >= 11 is 0. The van der Waals surface area contributed by atoms with Crippen molar-refractivity contribution in [1.29, 1.82) is 0 Å². The van der Waals surface area contributed by atoms with Crippen LogP contribution in [0.3, 0.4) is 0 Å². The number of nitrogens with zero attached hydrogens (tertiary/aromatic N) is 1. The van der Waals surface area contributed by atoms with Crippen LogP contribution in [0.1, 0.15) is 15.9 Å². The van der Waals surface area contributed by atoms with E-state index in [-0.39, 0.29) is 11.3 Å². The first-order valence-electron chi connectivity index (χ1n) is 7.69. The van der Waals surface area contributed by atoms with E-state index in [1.807, 2.05) is 18.2 Å². The average Bonchev–Trinajstić information content (AvgIpc) is 2.69. The molecule has 9 heteroatoms. The van der Waals surface area contributed by atoms with Gasteiger partial charge in [0.05, 0.1) is 4.92 Å². The van der Waals surface area contributed by atoms with E-state index in [1.54, 1.807) is 12.1 Å². The van der Waals surface area contributed by atoms with Crippen LogP contribution < -0.4 is 10.9 Å². The van der Waals surface area contributed by atoms with Crippen molar-refractivity contribution >= 4 is 29.5 Å². The fraction of sp³-hybridized carbons (Fsp3) is 0.0556. The highest BCUT2D eigenvalue weighted by atomic mass is 16.6. The molecule has 0 aliphatic heterocycles. The number of nitro groups is 1. The standard InChI is InChI=1S/C18H15N3O6/c22-16(12-27-17(23)11-6-13-4-2-1-3-5-13)19-20-18(24)14-7-9-15(10-8-14)21(25)26/h1-11H,12H2,(H,19,22)(H,20,24)/b11-6+. The molecule has 2 amide bonds. The van der Waals surface area contributed by atoms with Crippen LogP contribution in [0.2, 0.25) is 0 Å². The summed E-state index contributed by atoms with van der Waals surface area (Å²) in [5.41, 5.74) is 4.94. The van der Waals surface area contributed by atoms with E-state index in [0.717, 1.165) is 17.7 Å². The molecule has 0 aliphatic carbocycles. The predicted molar refractivity (Wildman–Crippen MR) is 95.1 cm³/mol. The van der Waals surface area contributed by atoms with Crippen LogP contribution in [0.25, 0.3) is 6.08 Å². The Kier molecular flexibility index (Phi) is 6.77. The topological polar surface area (TPSA) is 128 Å². The molecule has 2 aromatic rings. The summed E-state index contributed by atoms with van der Waals surface area (Å²) in [6, 6.07) is 13.9. The van der Waals surface area contributed by atoms with Gasteiger partial charge in [-0.25, -0.2) is 4.79 Å². The van der Waals surface area contributed by atoms with Gasteiger partial charge in [0.1, 0.15) is 0 Å². The zero-order valence-electron chi connectivity index (χ0n) is 14.0. The highest BCUT2D eigenvalue weighted by Gasteiger charge is 2.11. The molecule has 0 heterocycles. The normalized spacial score (nSPS) is 10.2. The molecule has 0 fully saturated rings. The summed E-state index contributed by atoms with van der Waals surface area (Å²) in [6.45, 7) is -0.585. The maximum Gasteiger partial charge on any atom is 0.331 e. The third-order valence-electron chi connectivity index (χ3n) is 3.21. The van der Waals surface area contributed by atoms with Crippen molar-refractivity contribution in [3.8, 4) is 0 Å². The molecule has 9 nitrogen and oxygen atoms in total. The van der Waals surface area contributed by atoms with Gasteiger partial charge in [-0.3, -0.25) is 30.6 Å². The molecular formula is C18H15N3O6. The number of nitrogens with one attached hydrogen (secondary N) is 2. The Morgan fingerprint density at radius 3 is 2.30 bits per heavy atom. The molecule has 0 saturated carbocycles. The van der Waals surface area contributed by atoms with Crippen molar-refractivity contribution in [2.24, 2.45) is 0 Å². The Morgan fingerprint density at radius 2 is 1.67 bits per heavy atom. The van der Waals surface area contributed by atoms with Gasteiger partial charge in [0.15, 0.2) is 6.61 Å². The Bertz CT molecular complexity index is 862. The Labute approximate surface area is 153 Å². The van der Waals surface area contributed by atoms with E-state index in [2.05, 4.69) is 10.9 Å². The summed E-state index contributed by atoms with van der Waals surface area (Å²) in [5, 5.41) is 10.6. The molecule has 0 unspecified atom stereocenters. The second kappa shape index (κ2) is 9.47. The highest BCUT2D eigenvalue weighted by molar-refractivity contribution is 5.96. The molecule has 27 heavy (non-hydrogen) atoms. The van der Waals surface area contributed by atoms with Crippen molar-refractivity contribution < 1.29 is 24.0 Å². The zero-order valence-corrected chi connectivity index (χ0v) is 14.0. The number of amides is 2. The molecule has 0 saturated heterocycles. The smallest absolute Gasteiger partial charge is 0.331 e. The van der Waals surface area contributed by atoms with E-state index in [0.29, 0.717) is 0 Å². The maximum atomic E-state index is 11.8. The minimum Gasteiger partial charge on any atom is -0.452 e. The van der Waals surface area contributed by atoms with Crippen molar-refractivity contribution in [2.45, 2.75) is 0 Å². The molecule has 0 aromatic heterocycles. The molecule has 138 valence electrons. The van der Waals surface area contributed by atoms with Gasteiger partial charge in [-0.1, -0.05) is 30.3 Å². The van der Waals surface area contributed by atoms with Crippen LogP contribution in [-0.2, 0) is 14.3 Å². The van der Waals surface area contributed by atoms with Crippen molar-refractivity contribution in [3.63, 3.8) is 0 Å². The van der Waals surface area contributed by atoms with Crippen LogP contribution in [0.15, 0.2) is 60.7 Å². The number of non-ortho nitro benzene ring substituents is 1. The molecular weight excluding hydrogens is 354 g/mol. The number of carbonyl (C=O) groups is 3. The molecule has 0 bridgehead atoms. The molecule has 2 aromatic carbocycles. The molecule has 0 radical (unpaired) electrons. The molecule has 0 atom stereocenters. The van der Waals surface area contributed by atoms with E-state index < -0.39 is 29.3 Å². The number of esters is 1. The number of rotatable bonds is 6. The number of benzene rings is 2. The lowest BCUT2D eigenvalue weighted by molar-refractivity contribution is -0.384. The van der Waals surface area contributed by atoms with Gasteiger partial charge in [0.25, 0.3) is 17.5 Å². The van der Waals surface area contributed by atoms with Gasteiger partial charge in [-0.05, 0) is 23.8 Å². The number of hydrogen-bond acceptors (Lipinski definition) is 6. The Hall–Kier alpha value is -4.01. The van der Waals surface area contributed by atoms with Crippen molar-refractivity contribution in [2.75, 3.05) is 6.61 Å². The summed E-state index contributed by atoms with van der Waals surface area (Å²) in [6.07, 6.45) is 2.72. The van der Waals surface area contributed by atoms with E-state index >= 15 is 0 Å². The second-order valence-electron chi connectivity index (χ2n) is 5.16. The third kappa shape index (κ3) is 6.42. The minimum absolute atomic E-state index is 0.115. The van der Waals surface area contributed by atoms with Crippen molar-refractivity contribution in [3.05, 3.63) is 81.9 Å². The quantitative estimate of drug-likeness (QED) is 0.345. The van der Waals surface area contributed by atoms with Gasteiger partial charge in [-0.15, -0.1) is 0 Å². The van der Waals surface area contributed by atoms with Crippen LogP contribution in [0.5, 0.6) is 0 Å². The fourth-order valence-corrected chi connectivity index (χ4v) is 1.88. The number of hydrogen-bond donors (Lipinski definition) is 2. The minimum atomic E-state index is -0.744. The Morgan fingerprint density at radius 1 is 1.00 bits per heavy atom. The third-order valence-corrected chi connectivity index (χ3v) is 3.21. The summed E-state index contributed by atoms with van der Waals surface area (Å²) < 4.78 is 4.74. The van der Waals surface area contributed by atoms with Crippen LogP contribution >= 0.6 is 0 Å². The van der Waals surface area contributed by atoms with Crippen LogP contribution in [0, 0.1) is 10.1 Å². The second-order valence-corrected chi connectivity index (χ2v) is 5.16. The number of hydrazine groups is 1. The molecule has 2 N–H and O–H groups in total. The molecule has 0 aliphatic rings. The highest BCUT2D eigenvalue weighted by Crippen LogP contribution is 2.11. The molecule has 0 spiro atoms. The monoisotopic (exact) mass is 369 g/mol. The first kappa shape index (κ1) is 19.3. The van der Waals surface area contributed by atoms with Gasteiger partial charge >= 0.3 is 5.97 Å². The van der Waals surface area contributed by atoms with E-state index in [4.69, 9.17) is 4.74 Å². The first-order valence-corrected chi connectivity index (χ1v) is 7.69. The zero-order chi connectivity index (χ0) is 19.6. The number of carbonyl (C=O) groups excluding carboxylic acids is 3. The summed E-state index contributed by atoms with van der Waals surface area (Å²) in [5.74, 6) is -2.13. The van der Waals surface area contributed by atoms with Crippen LogP contribution in [0.4, 0.5) is 5.69 Å². The van der Waals surface area contributed by atoms with Gasteiger partial charge in [-0.2, -0.15) is 0 Å². The summed E-state index contributed by atoms with van der Waals surface area (Å²) in [7, 11) is 0. The van der Waals surface area contributed by atoms with Gasteiger partial charge < -0.3 is 4.74 Å². The van der Waals surface area contributed by atoms with Gasteiger partial charge in [0, 0.05) is 23.8 Å². The predicted octanol–water partition coefficient (Wildman–Crippen LogP) is 1.61. The van der Waals surface area contributed by atoms with E-state index in [1.165, 1.54) is 24.3 Å². The lowest BCUT2D eigenvalue weighted by Gasteiger charge is -2.07. The Balaban J connectivity index is 1.73. The largest absolute Gasteiger partial charge is 0.452 e. The lowest BCUT2D eigenvalue weighted by Crippen LogP contribution is -2.43. The van der Waals surface area contributed by atoms with Crippen molar-refractivity contribution in [1.82, 2.24) is 10.9 Å². The number of ether oxygens (including phenoxy) is 1. The summed E-state index contributed by atoms with van der Waals surface area (Å²) in [4.78, 5) is 44.9. The lowest BCUT2D eigenvalue weighted by atomic mass is 10.2. The maximum absolute atomic E-state index is 11.8. The average molecular weight is 369 g/mol. The number of nitro benzene ring substituents is 1. The fourth-order valence-electron chi connectivity index (χ4n) is 1.88. The van der Waals surface area contributed by atoms with E-state index in [9.17, 15) is 24.5 Å². The van der Waals surface area contributed by atoms with Gasteiger partial charge in [0.2, 0.25) is 0 Å². The van der Waals surface area contributed by atoms with Crippen LogP contribution in [-0.4, -0.2) is 29.3 Å².